The molecule has 0 saturated heterocycles. The fourth-order valence-electron chi connectivity index (χ4n) is 2.23. The van der Waals surface area contributed by atoms with Crippen molar-refractivity contribution in [2.24, 2.45) is 7.05 Å². The first-order chi connectivity index (χ1) is 11.6. The first-order valence-electron chi connectivity index (χ1n) is 7.39. The monoisotopic (exact) mass is 340 g/mol. The molecule has 0 aliphatic carbocycles. The predicted molar refractivity (Wildman–Crippen MR) is 93.8 cm³/mol. The molecule has 6 nitrogen and oxygen atoms in total. The largest absolute Gasteiger partial charge is 0.351 e. The fourth-order valence-corrected chi connectivity index (χ4v) is 3.03. The summed E-state index contributed by atoms with van der Waals surface area (Å²) >= 11 is 1.15. The van der Waals surface area contributed by atoms with Gasteiger partial charge in [0.15, 0.2) is 5.03 Å². The predicted octanol–water partition coefficient (Wildman–Crippen LogP) is 1.74. The highest BCUT2D eigenvalue weighted by Crippen LogP contribution is 2.15. The molecule has 3 rings (SSSR count). The summed E-state index contributed by atoms with van der Waals surface area (Å²) in [4.78, 5) is 32.6. The van der Waals surface area contributed by atoms with E-state index in [1.165, 1.54) is 0 Å². The summed E-state index contributed by atoms with van der Waals surface area (Å²) in [5, 5.41) is 3.13. The van der Waals surface area contributed by atoms with Crippen molar-refractivity contribution in [3.63, 3.8) is 0 Å². The van der Waals surface area contributed by atoms with Crippen LogP contribution in [0.15, 0.2) is 58.6 Å². The Bertz CT molecular complexity index is 925. The van der Waals surface area contributed by atoms with Crippen molar-refractivity contribution >= 4 is 28.7 Å². The summed E-state index contributed by atoms with van der Waals surface area (Å²) in [5.74, 6) is -0.0123. The number of fused-ring (bicyclic) bond motifs is 1. The van der Waals surface area contributed by atoms with E-state index in [1.54, 1.807) is 24.0 Å². The summed E-state index contributed by atoms with van der Waals surface area (Å²) in [6.07, 6.45) is 3.39. The maximum absolute atomic E-state index is 12.3. The first kappa shape index (κ1) is 16.2. The molecule has 0 atom stereocenters. The van der Waals surface area contributed by atoms with Crippen molar-refractivity contribution < 1.29 is 4.79 Å². The molecule has 0 aliphatic rings. The second kappa shape index (κ2) is 7.27. The fraction of sp³-hybridized carbons (Fsp3) is 0.176. The lowest BCUT2D eigenvalue weighted by atomic mass is 10.3. The molecule has 1 amide bonds. The molecule has 122 valence electrons. The normalized spacial score (nSPS) is 10.7. The van der Waals surface area contributed by atoms with Crippen LogP contribution in [0.4, 0.5) is 0 Å². The van der Waals surface area contributed by atoms with Crippen molar-refractivity contribution in [1.29, 1.82) is 0 Å². The van der Waals surface area contributed by atoms with Gasteiger partial charge in [-0.15, -0.1) is 0 Å². The Morgan fingerprint density at radius 1 is 1.25 bits per heavy atom. The van der Waals surface area contributed by atoms with Crippen molar-refractivity contribution in [3.8, 4) is 0 Å². The number of nitrogens with zero attached hydrogens (tertiary/aromatic N) is 3. The van der Waals surface area contributed by atoms with E-state index in [0.717, 1.165) is 28.4 Å². The number of rotatable bonds is 5. The molecule has 0 aliphatic heterocycles. The van der Waals surface area contributed by atoms with Gasteiger partial charge in [-0.1, -0.05) is 30.0 Å². The molecular formula is C17H16N4O2S. The highest BCUT2D eigenvalue weighted by atomic mass is 32.2. The Hall–Kier alpha value is -2.67. The van der Waals surface area contributed by atoms with Crippen LogP contribution in [-0.4, -0.2) is 26.2 Å². The van der Waals surface area contributed by atoms with E-state index < -0.39 is 0 Å². The van der Waals surface area contributed by atoms with Crippen LogP contribution in [0.3, 0.4) is 0 Å². The summed E-state index contributed by atoms with van der Waals surface area (Å²) in [7, 11) is 1.71. The van der Waals surface area contributed by atoms with Crippen molar-refractivity contribution in [3.05, 3.63) is 64.7 Å². The van der Waals surface area contributed by atoms with E-state index in [0.29, 0.717) is 11.6 Å². The molecule has 2 heterocycles. The number of carbonyl (C=O) groups is 1. The van der Waals surface area contributed by atoms with Crippen LogP contribution in [0.5, 0.6) is 0 Å². The number of aromatic nitrogens is 3. The van der Waals surface area contributed by atoms with Crippen LogP contribution in [0, 0.1) is 0 Å². The van der Waals surface area contributed by atoms with E-state index >= 15 is 0 Å². The van der Waals surface area contributed by atoms with Gasteiger partial charge in [0, 0.05) is 26.0 Å². The molecule has 7 heteroatoms. The zero-order valence-corrected chi connectivity index (χ0v) is 13.9. The van der Waals surface area contributed by atoms with E-state index in [1.807, 2.05) is 36.4 Å². The molecule has 2 aromatic heterocycles. The third-order valence-electron chi connectivity index (χ3n) is 3.51. The average Bonchev–Trinajstić information content (AvgIpc) is 2.62. The zero-order valence-electron chi connectivity index (χ0n) is 13.1. The third-order valence-corrected chi connectivity index (χ3v) is 4.45. The average molecular weight is 340 g/mol. The molecule has 1 aromatic carbocycles. The number of hydrogen-bond acceptors (Lipinski definition) is 5. The highest BCUT2D eigenvalue weighted by Gasteiger charge is 2.11. The maximum Gasteiger partial charge on any atom is 0.283 e. The Morgan fingerprint density at radius 2 is 2.08 bits per heavy atom. The molecule has 0 radical (unpaired) electrons. The molecule has 0 bridgehead atoms. The van der Waals surface area contributed by atoms with Crippen LogP contribution in [0.2, 0.25) is 0 Å². The van der Waals surface area contributed by atoms with Crippen LogP contribution in [0.25, 0.3) is 11.0 Å². The Kier molecular flexibility index (Phi) is 4.90. The molecule has 0 fully saturated rings. The number of benzene rings is 1. The van der Waals surface area contributed by atoms with Crippen molar-refractivity contribution in [1.82, 2.24) is 19.9 Å². The van der Waals surface area contributed by atoms with Crippen LogP contribution in [-0.2, 0) is 18.4 Å². The minimum atomic E-state index is -0.196. The molecular weight excluding hydrogens is 324 g/mol. The Labute approximate surface area is 142 Å². The van der Waals surface area contributed by atoms with Crippen molar-refractivity contribution in [2.75, 3.05) is 5.75 Å². The lowest BCUT2D eigenvalue weighted by Gasteiger charge is -2.08. The second-order valence-corrected chi connectivity index (χ2v) is 6.16. The number of aryl methyl sites for hydroxylation is 1. The van der Waals surface area contributed by atoms with Crippen LogP contribution < -0.4 is 10.9 Å². The summed E-state index contributed by atoms with van der Waals surface area (Å²) < 4.78 is 1.55. The number of thioether (sulfide) groups is 1. The van der Waals surface area contributed by atoms with Gasteiger partial charge in [0.25, 0.3) is 5.56 Å². The maximum atomic E-state index is 12.3. The summed E-state index contributed by atoms with van der Waals surface area (Å²) in [6.45, 7) is 0.413. The van der Waals surface area contributed by atoms with Crippen LogP contribution >= 0.6 is 11.8 Å². The van der Waals surface area contributed by atoms with Crippen molar-refractivity contribution in [2.45, 2.75) is 11.6 Å². The van der Waals surface area contributed by atoms with E-state index in [-0.39, 0.29) is 17.2 Å². The number of carbonyl (C=O) groups excluding carboxylic acids is 1. The third kappa shape index (κ3) is 3.62. The van der Waals surface area contributed by atoms with Crippen LogP contribution in [0.1, 0.15) is 5.56 Å². The van der Waals surface area contributed by atoms with Gasteiger partial charge in [0.05, 0.1) is 16.8 Å². The first-order valence-corrected chi connectivity index (χ1v) is 8.38. The van der Waals surface area contributed by atoms with Gasteiger partial charge in [-0.05, 0) is 23.8 Å². The minimum Gasteiger partial charge on any atom is -0.351 e. The number of para-hydroxylation sites is 2. The zero-order chi connectivity index (χ0) is 16.9. The molecule has 0 spiro atoms. The van der Waals surface area contributed by atoms with Gasteiger partial charge in [-0.3, -0.25) is 14.6 Å². The molecule has 0 unspecified atom stereocenters. The van der Waals surface area contributed by atoms with Gasteiger partial charge in [0.1, 0.15) is 0 Å². The smallest absolute Gasteiger partial charge is 0.283 e. The van der Waals surface area contributed by atoms with Gasteiger partial charge in [-0.25, -0.2) is 4.98 Å². The van der Waals surface area contributed by atoms with E-state index in [9.17, 15) is 9.59 Å². The number of nitrogens with one attached hydrogen (secondary N) is 1. The standard InChI is InChI=1S/C17H16N4O2S/c1-21-14-7-3-2-6-13(14)20-16(17(21)23)24-11-15(22)19-10-12-5-4-8-18-9-12/h2-9H,10-11H2,1H3,(H,19,22). The van der Waals surface area contributed by atoms with Gasteiger partial charge >= 0.3 is 0 Å². The highest BCUT2D eigenvalue weighted by molar-refractivity contribution is 7.99. The van der Waals surface area contributed by atoms with E-state index in [2.05, 4.69) is 15.3 Å². The number of pyridine rings is 1. The van der Waals surface area contributed by atoms with Gasteiger partial charge < -0.3 is 9.88 Å². The Morgan fingerprint density at radius 3 is 2.88 bits per heavy atom. The quantitative estimate of drug-likeness (QED) is 0.716. The van der Waals surface area contributed by atoms with E-state index in [4.69, 9.17) is 0 Å². The Balaban J connectivity index is 1.66. The molecule has 3 aromatic rings. The topological polar surface area (TPSA) is 76.9 Å². The van der Waals surface area contributed by atoms with Gasteiger partial charge in [0.2, 0.25) is 5.91 Å². The number of hydrogen-bond donors (Lipinski definition) is 1. The summed E-state index contributed by atoms with van der Waals surface area (Å²) in [6, 6.07) is 11.1. The number of amides is 1. The summed E-state index contributed by atoms with van der Waals surface area (Å²) in [5.41, 5.74) is 2.24. The second-order valence-electron chi connectivity index (χ2n) is 5.20. The molecule has 1 N–H and O–H groups in total. The minimum absolute atomic E-state index is 0.140. The van der Waals surface area contributed by atoms with Gasteiger partial charge in [-0.2, -0.15) is 0 Å². The lowest BCUT2D eigenvalue weighted by molar-refractivity contribution is -0.118. The molecule has 24 heavy (non-hydrogen) atoms. The lowest BCUT2D eigenvalue weighted by Crippen LogP contribution is -2.26. The SMILES string of the molecule is Cn1c(=O)c(SCC(=O)NCc2cccnc2)nc2ccccc21. The molecule has 0 saturated carbocycles.